The number of nitrogens with zero attached hydrogens (tertiary/aromatic N) is 2. The summed E-state index contributed by atoms with van der Waals surface area (Å²) in [6.07, 6.45) is 6.82. The van der Waals surface area contributed by atoms with E-state index in [0.717, 1.165) is 25.0 Å². The lowest BCUT2D eigenvalue weighted by molar-refractivity contribution is 0.305. The predicted octanol–water partition coefficient (Wildman–Crippen LogP) is 3.52. The van der Waals surface area contributed by atoms with Gasteiger partial charge in [-0.25, -0.2) is 4.98 Å². The molecule has 2 heterocycles. The molecule has 2 aromatic heterocycles. The van der Waals surface area contributed by atoms with Crippen molar-refractivity contribution >= 4 is 0 Å². The fourth-order valence-electron chi connectivity index (χ4n) is 1.84. The van der Waals surface area contributed by atoms with E-state index >= 15 is 0 Å². The number of hydrogen-bond donors (Lipinski definition) is 1. The van der Waals surface area contributed by atoms with Crippen LogP contribution >= 0.6 is 0 Å². The van der Waals surface area contributed by atoms with Crippen LogP contribution in [-0.2, 0) is 0 Å². The van der Waals surface area contributed by atoms with Gasteiger partial charge in [-0.05, 0) is 18.6 Å². The third-order valence-electron chi connectivity index (χ3n) is 2.85. The minimum absolute atomic E-state index is 0.524. The molecule has 0 aliphatic heterocycles. The summed E-state index contributed by atoms with van der Waals surface area (Å²) in [6, 6.07) is 7.68. The molecule has 0 bridgehead atoms. The zero-order chi connectivity index (χ0) is 13.5. The van der Waals surface area contributed by atoms with Crippen LogP contribution in [0.15, 0.2) is 30.6 Å². The summed E-state index contributed by atoms with van der Waals surface area (Å²) in [7, 11) is 0. The van der Waals surface area contributed by atoms with E-state index in [1.807, 2.05) is 18.3 Å². The number of nitriles is 1. The Balaban J connectivity index is 2.11. The van der Waals surface area contributed by atoms with Crippen LogP contribution in [0.4, 0.5) is 0 Å². The molecule has 1 N–H and O–H groups in total. The van der Waals surface area contributed by atoms with Gasteiger partial charge in [-0.1, -0.05) is 19.8 Å². The van der Waals surface area contributed by atoms with Gasteiger partial charge in [-0.2, -0.15) is 5.26 Å². The molecule has 19 heavy (non-hydrogen) atoms. The number of pyridine rings is 1. The van der Waals surface area contributed by atoms with Gasteiger partial charge in [0.25, 0.3) is 0 Å². The van der Waals surface area contributed by atoms with Crippen LogP contribution in [0.1, 0.15) is 31.7 Å². The first-order chi connectivity index (χ1) is 9.35. The highest BCUT2D eigenvalue weighted by Gasteiger charge is 2.09. The molecule has 0 saturated heterocycles. The number of ether oxygens (including phenoxy) is 1. The molecular formula is C15H17N3O. The van der Waals surface area contributed by atoms with Crippen LogP contribution in [0.25, 0.3) is 11.4 Å². The first-order valence-corrected chi connectivity index (χ1v) is 6.52. The number of H-pyrrole nitrogens is 1. The lowest BCUT2D eigenvalue weighted by Gasteiger charge is -2.07. The third-order valence-corrected chi connectivity index (χ3v) is 2.85. The number of aromatic amines is 1. The zero-order valence-electron chi connectivity index (χ0n) is 11.0. The SMILES string of the molecule is CCCCCOc1cnc(-c2ccc[nH]2)c(C#N)c1. The Morgan fingerprint density at radius 2 is 2.32 bits per heavy atom. The summed E-state index contributed by atoms with van der Waals surface area (Å²) in [5, 5.41) is 9.19. The second-order valence-corrected chi connectivity index (χ2v) is 4.32. The number of rotatable bonds is 6. The number of unbranched alkanes of at least 4 members (excludes halogenated alkanes) is 2. The van der Waals surface area contributed by atoms with E-state index in [1.165, 1.54) is 0 Å². The molecule has 4 heteroatoms. The normalized spacial score (nSPS) is 10.1. The molecule has 4 nitrogen and oxygen atoms in total. The van der Waals surface area contributed by atoms with Gasteiger partial charge in [-0.3, -0.25) is 0 Å². The summed E-state index contributed by atoms with van der Waals surface area (Å²) in [6.45, 7) is 2.82. The van der Waals surface area contributed by atoms with Gasteiger partial charge >= 0.3 is 0 Å². The first-order valence-electron chi connectivity index (χ1n) is 6.52. The zero-order valence-corrected chi connectivity index (χ0v) is 11.0. The van der Waals surface area contributed by atoms with Crippen molar-refractivity contribution in [3.63, 3.8) is 0 Å². The highest BCUT2D eigenvalue weighted by Crippen LogP contribution is 2.23. The van der Waals surface area contributed by atoms with Crippen molar-refractivity contribution in [3.8, 4) is 23.2 Å². The fraction of sp³-hybridized carbons (Fsp3) is 0.333. The highest BCUT2D eigenvalue weighted by atomic mass is 16.5. The molecule has 0 saturated carbocycles. The maximum absolute atomic E-state index is 9.19. The van der Waals surface area contributed by atoms with E-state index in [4.69, 9.17) is 4.74 Å². The van der Waals surface area contributed by atoms with Crippen molar-refractivity contribution in [2.75, 3.05) is 6.61 Å². The molecule has 0 aromatic carbocycles. The van der Waals surface area contributed by atoms with Crippen LogP contribution in [0.5, 0.6) is 5.75 Å². The Bertz CT molecular complexity index is 555. The molecule has 98 valence electrons. The van der Waals surface area contributed by atoms with E-state index < -0.39 is 0 Å². The minimum atomic E-state index is 0.524. The van der Waals surface area contributed by atoms with Crippen molar-refractivity contribution in [1.82, 2.24) is 9.97 Å². The monoisotopic (exact) mass is 255 g/mol. The first kappa shape index (κ1) is 13.2. The molecule has 0 atom stereocenters. The number of nitrogens with one attached hydrogen (secondary N) is 1. The Kier molecular flexibility index (Phi) is 4.57. The van der Waals surface area contributed by atoms with Crippen molar-refractivity contribution in [2.24, 2.45) is 0 Å². The molecular weight excluding hydrogens is 238 g/mol. The van der Waals surface area contributed by atoms with Crippen LogP contribution in [0, 0.1) is 11.3 Å². The van der Waals surface area contributed by atoms with Crippen molar-refractivity contribution in [3.05, 3.63) is 36.2 Å². The summed E-state index contributed by atoms with van der Waals surface area (Å²) >= 11 is 0. The standard InChI is InChI=1S/C15H17N3O/c1-2-3-4-8-19-13-9-12(10-16)15(18-11-13)14-6-5-7-17-14/h5-7,9,11,17H,2-4,8H2,1H3. The van der Waals surface area contributed by atoms with E-state index in [0.29, 0.717) is 23.6 Å². The third kappa shape index (κ3) is 3.35. The van der Waals surface area contributed by atoms with Gasteiger partial charge in [0.15, 0.2) is 0 Å². The molecule has 0 aliphatic rings. The Morgan fingerprint density at radius 1 is 1.42 bits per heavy atom. The Morgan fingerprint density at radius 3 is 3.00 bits per heavy atom. The van der Waals surface area contributed by atoms with Gasteiger partial charge < -0.3 is 9.72 Å². The van der Waals surface area contributed by atoms with E-state index in [1.54, 1.807) is 12.3 Å². The second-order valence-electron chi connectivity index (χ2n) is 4.32. The molecule has 0 amide bonds. The highest BCUT2D eigenvalue weighted by molar-refractivity contribution is 5.63. The van der Waals surface area contributed by atoms with E-state index in [9.17, 15) is 5.26 Å². The number of aromatic nitrogens is 2. The molecule has 0 radical (unpaired) electrons. The fourth-order valence-corrected chi connectivity index (χ4v) is 1.84. The largest absolute Gasteiger partial charge is 0.492 e. The van der Waals surface area contributed by atoms with Gasteiger partial charge in [0.1, 0.15) is 17.5 Å². The predicted molar refractivity (Wildman–Crippen MR) is 73.8 cm³/mol. The van der Waals surface area contributed by atoms with Crippen LogP contribution in [0.2, 0.25) is 0 Å². The summed E-state index contributed by atoms with van der Waals surface area (Å²) in [5.41, 5.74) is 2.03. The van der Waals surface area contributed by atoms with Crippen molar-refractivity contribution < 1.29 is 4.74 Å². The minimum Gasteiger partial charge on any atom is -0.492 e. The van der Waals surface area contributed by atoms with Gasteiger partial charge in [0.2, 0.25) is 0 Å². The average molecular weight is 255 g/mol. The van der Waals surface area contributed by atoms with Gasteiger partial charge in [0.05, 0.1) is 24.1 Å². The summed E-state index contributed by atoms with van der Waals surface area (Å²) < 4.78 is 5.60. The summed E-state index contributed by atoms with van der Waals surface area (Å²) in [5.74, 6) is 0.656. The molecule has 0 aliphatic carbocycles. The quantitative estimate of drug-likeness (QED) is 0.803. The lowest BCUT2D eigenvalue weighted by atomic mass is 10.1. The van der Waals surface area contributed by atoms with Crippen molar-refractivity contribution in [1.29, 1.82) is 5.26 Å². The van der Waals surface area contributed by atoms with E-state index in [-0.39, 0.29) is 0 Å². The second kappa shape index (κ2) is 6.60. The van der Waals surface area contributed by atoms with Crippen LogP contribution in [-0.4, -0.2) is 16.6 Å². The molecule has 0 spiro atoms. The van der Waals surface area contributed by atoms with Crippen LogP contribution < -0.4 is 4.74 Å². The molecule has 0 fully saturated rings. The Labute approximate surface area is 113 Å². The Hall–Kier alpha value is -2.28. The smallest absolute Gasteiger partial charge is 0.138 e. The van der Waals surface area contributed by atoms with Gasteiger partial charge in [-0.15, -0.1) is 0 Å². The lowest BCUT2D eigenvalue weighted by Crippen LogP contribution is -1.99. The molecule has 0 unspecified atom stereocenters. The summed E-state index contributed by atoms with van der Waals surface area (Å²) in [4.78, 5) is 7.37. The van der Waals surface area contributed by atoms with Crippen molar-refractivity contribution in [2.45, 2.75) is 26.2 Å². The topological polar surface area (TPSA) is 61.7 Å². The molecule has 2 rings (SSSR count). The average Bonchev–Trinajstić information content (AvgIpc) is 2.97. The molecule has 2 aromatic rings. The maximum Gasteiger partial charge on any atom is 0.138 e. The van der Waals surface area contributed by atoms with Gasteiger partial charge in [0, 0.05) is 12.3 Å². The van der Waals surface area contributed by atoms with E-state index in [2.05, 4.69) is 23.0 Å². The number of hydrogen-bond acceptors (Lipinski definition) is 3. The maximum atomic E-state index is 9.19. The van der Waals surface area contributed by atoms with Crippen LogP contribution in [0.3, 0.4) is 0 Å².